The third-order valence-electron chi connectivity index (χ3n) is 3.99. The molecule has 3 rings (SSSR count). The second-order valence-electron chi connectivity index (χ2n) is 5.51. The summed E-state index contributed by atoms with van der Waals surface area (Å²) >= 11 is 0. The molecule has 108 valence electrons. The number of hydrogen-bond acceptors (Lipinski definition) is 2. The third kappa shape index (κ3) is 2.18. The molecular formula is C14H14F3NO2. The Hall–Kier alpha value is -1.56. The van der Waals surface area contributed by atoms with E-state index < -0.39 is 17.6 Å². The quantitative estimate of drug-likeness (QED) is 0.793. The lowest BCUT2D eigenvalue weighted by Gasteiger charge is -2.47. The number of carbonyl (C=O) groups is 1. The Kier molecular flexibility index (Phi) is 3.01. The fraction of sp³-hybridized carbons (Fsp3) is 0.500. The molecule has 1 aromatic rings. The van der Waals surface area contributed by atoms with Gasteiger partial charge < -0.3 is 9.64 Å². The molecule has 0 saturated carbocycles. The van der Waals surface area contributed by atoms with Crippen LogP contribution in [0.2, 0.25) is 0 Å². The van der Waals surface area contributed by atoms with Gasteiger partial charge in [0.05, 0.1) is 17.7 Å². The first-order valence-corrected chi connectivity index (χ1v) is 6.45. The summed E-state index contributed by atoms with van der Waals surface area (Å²) in [6.45, 7) is 2.23. The zero-order valence-electron chi connectivity index (χ0n) is 10.7. The fourth-order valence-electron chi connectivity index (χ4n) is 2.89. The number of nitrogens with zero attached hydrogens (tertiary/aromatic N) is 1. The lowest BCUT2D eigenvalue weighted by Crippen LogP contribution is -2.59. The van der Waals surface area contributed by atoms with Crippen LogP contribution in [0.3, 0.4) is 0 Å². The Labute approximate surface area is 114 Å². The number of halogens is 3. The average Bonchev–Trinajstić information content (AvgIpc) is 2.84. The predicted octanol–water partition coefficient (Wildman–Crippen LogP) is 2.57. The first kappa shape index (κ1) is 13.4. The van der Waals surface area contributed by atoms with Crippen molar-refractivity contribution in [3.63, 3.8) is 0 Å². The predicted molar refractivity (Wildman–Crippen MR) is 65.2 cm³/mol. The minimum absolute atomic E-state index is 0.0250. The lowest BCUT2D eigenvalue weighted by atomic mass is 9.79. The number of amides is 1. The maximum Gasteiger partial charge on any atom is 0.417 e. The number of carbonyl (C=O) groups excluding carboxylic acids is 1. The van der Waals surface area contributed by atoms with Gasteiger partial charge in [-0.1, -0.05) is 12.1 Å². The SMILES string of the molecule is O=C(c1ccccc1C(F)(F)F)N1CC2(CCOC2)C1. The molecule has 2 heterocycles. The molecule has 1 amide bonds. The highest BCUT2D eigenvalue weighted by atomic mass is 19.4. The van der Waals surface area contributed by atoms with Crippen molar-refractivity contribution in [2.45, 2.75) is 12.6 Å². The zero-order chi connectivity index (χ0) is 14.4. The molecule has 0 N–H and O–H groups in total. The van der Waals surface area contributed by atoms with Crippen LogP contribution >= 0.6 is 0 Å². The van der Waals surface area contributed by atoms with E-state index in [2.05, 4.69) is 0 Å². The minimum atomic E-state index is -4.51. The van der Waals surface area contributed by atoms with Crippen molar-refractivity contribution in [1.82, 2.24) is 4.90 Å². The molecule has 0 atom stereocenters. The van der Waals surface area contributed by atoms with Crippen LogP contribution in [0.4, 0.5) is 13.2 Å². The molecule has 2 fully saturated rings. The van der Waals surface area contributed by atoms with Gasteiger partial charge in [-0.2, -0.15) is 13.2 Å². The molecule has 0 radical (unpaired) electrons. The second-order valence-corrected chi connectivity index (χ2v) is 5.51. The Morgan fingerprint density at radius 2 is 1.95 bits per heavy atom. The van der Waals surface area contributed by atoms with Crippen molar-refractivity contribution in [2.24, 2.45) is 5.41 Å². The van der Waals surface area contributed by atoms with Gasteiger partial charge in [-0.25, -0.2) is 0 Å². The normalized spacial score (nSPS) is 21.1. The second kappa shape index (κ2) is 4.48. The summed E-state index contributed by atoms with van der Waals surface area (Å²) in [6, 6.07) is 4.93. The minimum Gasteiger partial charge on any atom is -0.381 e. The van der Waals surface area contributed by atoms with Crippen LogP contribution in [0.1, 0.15) is 22.3 Å². The first-order valence-electron chi connectivity index (χ1n) is 6.45. The molecule has 0 bridgehead atoms. The van der Waals surface area contributed by atoms with Gasteiger partial charge in [-0.15, -0.1) is 0 Å². The summed E-state index contributed by atoms with van der Waals surface area (Å²) in [5.74, 6) is -0.546. The van der Waals surface area contributed by atoms with Crippen molar-refractivity contribution in [1.29, 1.82) is 0 Å². The summed E-state index contributed by atoms with van der Waals surface area (Å²) in [5.41, 5.74) is -1.16. The topological polar surface area (TPSA) is 29.5 Å². The number of benzene rings is 1. The number of hydrogen-bond donors (Lipinski definition) is 0. The van der Waals surface area contributed by atoms with Gasteiger partial charge >= 0.3 is 6.18 Å². The summed E-state index contributed by atoms with van der Waals surface area (Å²) in [4.78, 5) is 13.7. The Bertz CT molecular complexity index is 527. The zero-order valence-corrected chi connectivity index (χ0v) is 10.7. The van der Waals surface area contributed by atoms with Crippen LogP contribution in [-0.2, 0) is 10.9 Å². The maximum atomic E-state index is 12.9. The Morgan fingerprint density at radius 1 is 1.25 bits per heavy atom. The van der Waals surface area contributed by atoms with Crippen molar-refractivity contribution in [2.75, 3.05) is 26.3 Å². The molecule has 1 spiro atoms. The molecule has 0 aromatic heterocycles. The summed E-state index contributed by atoms with van der Waals surface area (Å²) in [7, 11) is 0. The molecule has 6 heteroatoms. The molecule has 3 nitrogen and oxygen atoms in total. The summed E-state index contributed by atoms with van der Waals surface area (Å²) < 4.78 is 44.0. The maximum absolute atomic E-state index is 12.9. The van der Waals surface area contributed by atoms with E-state index in [0.29, 0.717) is 26.3 Å². The van der Waals surface area contributed by atoms with Crippen molar-refractivity contribution < 1.29 is 22.7 Å². The summed E-state index contributed by atoms with van der Waals surface area (Å²) in [5, 5.41) is 0. The van der Waals surface area contributed by atoms with Crippen molar-refractivity contribution in [3.8, 4) is 0 Å². The van der Waals surface area contributed by atoms with Crippen molar-refractivity contribution in [3.05, 3.63) is 35.4 Å². The van der Waals surface area contributed by atoms with Crippen LogP contribution in [-0.4, -0.2) is 37.1 Å². The van der Waals surface area contributed by atoms with Crippen LogP contribution < -0.4 is 0 Å². The highest BCUT2D eigenvalue weighted by Gasteiger charge is 2.48. The number of likely N-dealkylation sites (tertiary alicyclic amines) is 1. The van der Waals surface area contributed by atoms with Crippen LogP contribution in [0, 0.1) is 5.41 Å². The molecule has 0 unspecified atom stereocenters. The van der Waals surface area contributed by atoms with E-state index >= 15 is 0 Å². The number of ether oxygens (including phenoxy) is 1. The largest absolute Gasteiger partial charge is 0.417 e. The number of alkyl halides is 3. The van der Waals surface area contributed by atoms with E-state index in [1.807, 2.05) is 0 Å². The molecular weight excluding hydrogens is 271 g/mol. The van der Waals surface area contributed by atoms with E-state index in [4.69, 9.17) is 4.74 Å². The smallest absolute Gasteiger partial charge is 0.381 e. The van der Waals surface area contributed by atoms with Crippen LogP contribution in [0.5, 0.6) is 0 Å². The fourth-order valence-corrected chi connectivity index (χ4v) is 2.89. The van der Waals surface area contributed by atoms with Gasteiger partial charge in [0.15, 0.2) is 0 Å². The molecule has 2 aliphatic heterocycles. The molecule has 2 saturated heterocycles. The Balaban J connectivity index is 1.79. The highest BCUT2D eigenvalue weighted by molar-refractivity contribution is 5.96. The monoisotopic (exact) mass is 285 g/mol. The molecule has 2 aliphatic rings. The van der Waals surface area contributed by atoms with E-state index in [1.54, 1.807) is 0 Å². The number of rotatable bonds is 1. The van der Waals surface area contributed by atoms with Gasteiger partial charge in [0.2, 0.25) is 0 Å². The highest BCUT2D eigenvalue weighted by Crippen LogP contribution is 2.40. The van der Waals surface area contributed by atoms with Crippen LogP contribution in [0.25, 0.3) is 0 Å². The molecule has 0 aliphatic carbocycles. The van der Waals surface area contributed by atoms with Crippen molar-refractivity contribution >= 4 is 5.91 Å². The van der Waals surface area contributed by atoms with E-state index in [0.717, 1.165) is 12.5 Å². The molecule has 20 heavy (non-hydrogen) atoms. The summed E-state index contributed by atoms with van der Waals surface area (Å²) in [6.07, 6.45) is -3.64. The third-order valence-corrected chi connectivity index (χ3v) is 3.99. The average molecular weight is 285 g/mol. The van der Waals surface area contributed by atoms with Gasteiger partial charge in [-0.3, -0.25) is 4.79 Å². The van der Waals surface area contributed by atoms with Gasteiger partial charge in [0.1, 0.15) is 0 Å². The van der Waals surface area contributed by atoms with Crippen LogP contribution in [0.15, 0.2) is 24.3 Å². The van der Waals surface area contributed by atoms with E-state index in [9.17, 15) is 18.0 Å². The van der Waals surface area contributed by atoms with E-state index in [-0.39, 0.29) is 11.0 Å². The lowest BCUT2D eigenvalue weighted by molar-refractivity contribution is -0.138. The first-order chi connectivity index (χ1) is 9.41. The standard InChI is InChI=1S/C14H14F3NO2/c15-14(16,17)11-4-2-1-3-10(11)12(19)18-7-13(8-18)5-6-20-9-13/h1-4H,5-9H2. The molecule has 1 aromatic carbocycles. The van der Waals surface area contributed by atoms with E-state index in [1.165, 1.54) is 23.1 Å². The Morgan fingerprint density at radius 3 is 2.55 bits per heavy atom. The van der Waals surface area contributed by atoms with Gasteiger partial charge in [0.25, 0.3) is 5.91 Å². The van der Waals surface area contributed by atoms with Gasteiger partial charge in [-0.05, 0) is 18.6 Å². The van der Waals surface area contributed by atoms with Gasteiger partial charge in [0, 0.05) is 25.1 Å².